The van der Waals surface area contributed by atoms with Gasteiger partial charge in [0.25, 0.3) is 0 Å². The second-order valence-corrected chi connectivity index (χ2v) is 76.9. The van der Waals surface area contributed by atoms with Crippen molar-refractivity contribution in [3.05, 3.63) is 0 Å². The number of hydrogen-bond donors (Lipinski definition) is 0. The molecule has 0 nitrogen and oxygen atoms in total. The Balaban J connectivity index is 0. The molecule has 0 aliphatic heterocycles. The number of halogens is 4. The van der Waals surface area contributed by atoms with E-state index >= 15 is 0 Å². The third kappa shape index (κ3) is 41.1. The maximum atomic E-state index is 4.96. The topological polar surface area (TPSA) is 0 Å². The minimum atomic E-state index is -0.900. The zero-order valence-electron chi connectivity index (χ0n) is 5.28. The van der Waals surface area contributed by atoms with Gasteiger partial charge in [-0.15, -0.1) is 0 Å². The van der Waals surface area contributed by atoms with E-state index in [0.29, 0.717) is 0 Å². The Hall–Kier alpha value is 3.74. The van der Waals surface area contributed by atoms with Crippen molar-refractivity contribution in [2.45, 2.75) is 13.2 Å². The molecule has 0 fully saturated rings. The summed E-state index contributed by atoms with van der Waals surface area (Å²) in [6.45, 7) is 2.04. The molecule has 0 aromatic carbocycles. The van der Waals surface area contributed by atoms with Crippen LogP contribution in [0.25, 0.3) is 0 Å². The second-order valence-electron chi connectivity index (χ2n) is 1.12. The van der Waals surface area contributed by atoms with Gasteiger partial charge in [-0.25, -0.2) is 0 Å². The van der Waals surface area contributed by atoms with Crippen LogP contribution in [-0.2, 0) is 0.719 Å². The van der Waals surface area contributed by atoms with E-state index in [0.717, 1.165) is 6.32 Å². The van der Waals surface area contributed by atoms with Crippen LogP contribution in [-0.4, -0.2) is 22.0 Å². The van der Waals surface area contributed by atoms with Crippen LogP contribution in [0.1, 0.15) is 6.92 Å². The Kier molecular flexibility index (Phi) is 17.5. The predicted octanol–water partition coefficient (Wildman–Crippen LogP) is 3.37. The van der Waals surface area contributed by atoms with Gasteiger partial charge in [-0.1, -0.05) is 13.2 Å². The quantitative estimate of drug-likeness (QED) is 0.312. The van der Waals surface area contributed by atoms with Crippen LogP contribution in [0.5, 0.6) is 0 Å². The number of hydrogen-bond acceptors (Lipinski definition) is 0. The van der Waals surface area contributed by atoms with Crippen molar-refractivity contribution in [1.29, 1.82) is 0 Å². The molecule has 0 saturated carbocycles. The van der Waals surface area contributed by atoms with E-state index in [-0.39, 0.29) is 0 Å². The summed E-state index contributed by atoms with van der Waals surface area (Å²) in [7, 11) is 8.42. The zero-order chi connectivity index (χ0) is 8.62. The molecule has 10 heavy (non-hydrogen) atoms. The first-order valence-electron chi connectivity index (χ1n) is 2.29. The monoisotopic (exact) mass is 673 g/mol. The zero-order valence-corrected chi connectivity index (χ0v) is 15.6. The first-order chi connectivity index (χ1) is 4.41. The summed E-state index contributed by atoms with van der Waals surface area (Å²) in [5.41, 5.74) is 0. The third-order valence-corrected chi connectivity index (χ3v) is 0.372. The second kappa shape index (κ2) is 10.8. The fraction of sp³-hybridized carbons (Fsp3) is 1.00. The molecule has 0 spiro atoms. The predicted molar refractivity (Wildman–Crippen MR) is 83.8 cm³/mol. The standard InChI is InChI=1S/C2H5B3.4HI.Rh/c1-2-4-5-3;;;;;/h2H2,1H3;4*1H;/q;;;;;+4/p-4. The average molecular weight is 672 g/mol. The van der Waals surface area contributed by atoms with Gasteiger partial charge in [0.05, 0.1) is 7.17 Å². The van der Waals surface area contributed by atoms with E-state index in [4.69, 9.17) is 7.74 Å². The SMILES string of the molecule is [B][B][B]CC.[I][Rh]([I])([I])[I]. The Bertz CT molecular complexity index is 58.0. The van der Waals surface area contributed by atoms with Crippen LogP contribution in [0.2, 0.25) is 6.32 Å². The molecule has 0 rings (SSSR count). The molecule has 0 aromatic heterocycles. The van der Waals surface area contributed by atoms with Gasteiger partial charge in [0.2, 0.25) is 0 Å². The van der Waals surface area contributed by atoms with Crippen molar-refractivity contribution in [2.75, 3.05) is 0 Å². The van der Waals surface area contributed by atoms with Crippen LogP contribution in [0.3, 0.4) is 0 Å². The molecule has 0 aromatic rings. The van der Waals surface area contributed by atoms with E-state index in [1.165, 1.54) is 0 Å². The van der Waals surface area contributed by atoms with Crippen molar-refractivity contribution in [1.82, 2.24) is 0 Å². The van der Waals surface area contributed by atoms with Crippen LogP contribution in [0.4, 0.5) is 0 Å². The van der Waals surface area contributed by atoms with Gasteiger partial charge < -0.3 is 0 Å². The summed E-state index contributed by atoms with van der Waals surface area (Å²) >= 11 is 9.99. The summed E-state index contributed by atoms with van der Waals surface area (Å²) in [6, 6.07) is 0. The van der Waals surface area contributed by atoms with E-state index in [2.05, 4.69) is 79.0 Å². The summed E-state index contributed by atoms with van der Waals surface area (Å²) in [5, 5.41) is 0. The Morgan fingerprint density at radius 2 is 1.60 bits per heavy atom. The molecule has 59 valence electrons. The van der Waals surface area contributed by atoms with Crippen LogP contribution < -0.4 is 0 Å². The molecule has 0 saturated heterocycles. The molecular weight excluding hydrogens is 667 g/mol. The maximum absolute atomic E-state index is 4.96. The van der Waals surface area contributed by atoms with Crippen LogP contribution in [0, 0.1) is 0 Å². The minimum absolute atomic E-state index is 0.900. The molecule has 4 radical (unpaired) electrons. The van der Waals surface area contributed by atoms with Crippen molar-refractivity contribution in [2.24, 2.45) is 0 Å². The van der Waals surface area contributed by atoms with E-state index in [1.54, 1.807) is 7.06 Å². The van der Waals surface area contributed by atoms with E-state index < -0.39 is 0.719 Å². The average Bonchev–Trinajstić information content (AvgIpc) is 1.63. The fourth-order valence-corrected chi connectivity index (χ4v) is 0.136. The molecule has 0 aliphatic rings. The van der Waals surface area contributed by atoms with Crippen molar-refractivity contribution >= 4 is 101 Å². The summed E-state index contributed by atoms with van der Waals surface area (Å²) in [6.07, 6.45) is 1.04. The molecular formula is C2H5B3I4Rh. The van der Waals surface area contributed by atoms with E-state index in [9.17, 15) is 0 Å². The first-order valence-corrected chi connectivity index (χ1v) is 21.8. The molecule has 0 atom stereocenters. The molecule has 0 N–H and O–H groups in total. The molecule has 0 heterocycles. The first kappa shape index (κ1) is 16.2. The van der Waals surface area contributed by atoms with Crippen LogP contribution in [0.15, 0.2) is 0 Å². The number of rotatable bonds is 2. The third-order valence-electron chi connectivity index (χ3n) is 0.372. The van der Waals surface area contributed by atoms with Gasteiger partial charge in [0, 0.05) is 14.8 Å². The Morgan fingerprint density at radius 1 is 1.30 bits per heavy atom. The van der Waals surface area contributed by atoms with Crippen molar-refractivity contribution in [3.63, 3.8) is 0 Å². The van der Waals surface area contributed by atoms with Crippen molar-refractivity contribution < 1.29 is 0.719 Å². The van der Waals surface area contributed by atoms with Gasteiger partial charge in [-0.05, 0) is 0 Å². The van der Waals surface area contributed by atoms with Gasteiger partial charge in [-0.2, -0.15) is 0 Å². The summed E-state index contributed by atoms with van der Waals surface area (Å²) in [5.74, 6) is 0. The molecule has 8 heteroatoms. The summed E-state index contributed by atoms with van der Waals surface area (Å²) in [4.78, 5) is 0. The Labute approximate surface area is 112 Å². The van der Waals surface area contributed by atoms with Crippen molar-refractivity contribution in [3.8, 4) is 0 Å². The fourth-order valence-electron chi connectivity index (χ4n) is 0.136. The van der Waals surface area contributed by atoms with Gasteiger partial charge in [0.1, 0.15) is 0 Å². The van der Waals surface area contributed by atoms with E-state index in [1.807, 2.05) is 14.1 Å². The summed E-state index contributed by atoms with van der Waals surface area (Å²) < 4.78 is -0.900. The molecule has 0 amide bonds. The van der Waals surface area contributed by atoms with Crippen LogP contribution >= 0.6 is 79.0 Å². The Morgan fingerprint density at radius 3 is 1.60 bits per heavy atom. The van der Waals surface area contributed by atoms with Gasteiger partial charge in [0.15, 0.2) is 0 Å². The molecule has 0 aliphatic carbocycles. The molecule has 0 bridgehead atoms. The van der Waals surface area contributed by atoms with Gasteiger partial charge >= 0.3 is 79.7 Å². The molecule has 0 unspecified atom stereocenters. The van der Waals surface area contributed by atoms with Gasteiger partial charge in [-0.3, -0.25) is 0 Å². The normalized spacial score (nSPS) is 10.9.